The van der Waals surface area contributed by atoms with Crippen LogP contribution in [0.2, 0.25) is 0 Å². The van der Waals surface area contributed by atoms with Crippen LogP contribution in [0.1, 0.15) is 0 Å². The summed E-state index contributed by atoms with van der Waals surface area (Å²) in [4.78, 5) is 20.2. The van der Waals surface area contributed by atoms with Gasteiger partial charge >= 0.3 is 5.91 Å². The SMILES string of the molecule is O=NC(=O)C1=CC=NNC1. The highest BCUT2D eigenvalue weighted by atomic mass is 16.3. The maximum absolute atomic E-state index is 10.5. The van der Waals surface area contributed by atoms with Crippen molar-refractivity contribution in [2.75, 3.05) is 6.54 Å². The summed E-state index contributed by atoms with van der Waals surface area (Å²) in [7, 11) is 0. The van der Waals surface area contributed by atoms with Gasteiger partial charge in [0, 0.05) is 17.0 Å². The van der Waals surface area contributed by atoms with Crippen LogP contribution in [0.25, 0.3) is 0 Å². The molecular weight excluding hydrogens is 134 g/mol. The zero-order valence-corrected chi connectivity index (χ0v) is 5.07. The molecule has 0 spiro atoms. The second-order valence-electron chi connectivity index (χ2n) is 1.70. The molecule has 1 aliphatic rings. The third-order valence-corrected chi connectivity index (χ3v) is 1.07. The Morgan fingerprint density at radius 3 is 3.10 bits per heavy atom. The first kappa shape index (κ1) is 6.60. The third-order valence-electron chi connectivity index (χ3n) is 1.07. The highest BCUT2D eigenvalue weighted by Crippen LogP contribution is 1.97. The first-order chi connectivity index (χ1) is 4.84. The van der Waals surface area contributed by atoms with Crippen molar-refractivity contribution >= 4 is 12.1 Å². The molecule has 0 aliphatic carbocycles. The topological polar surface area (TPSA) is 70.9 Å². The van der Waals surface area contributed by atoms with E-state index < -0.39 is 5.91 Å². The van der Waals surface area contributed by atoms with E-state index in [9.17, 15) is 9.70 Å². The number of amides is 1. The summed E-state index contributed by atoms with van der Waals surface area (Å²) in [6.07, 6.45) is 2.86. The van der Waals surface area contributed by atoms with Crippen LogP contribution in [0.3, 0.4) is 0 Å². The monoisotopic (exact) mass is 139 g/mol. The van der Waals surface area contributed by atoms with E-state index in [2.05, 4.69) is 15.7 Å². The molecule has 1 heterocycles. The van der Waals surface area contributed by atoms with Crippen molar-refractivity contribution in [3.8, 4) is 0 Å². The van der Waals surface area contributed by atoms with Crippen LogP contribution in [0.4, 0.5) is 0 Å². The van der Waals surface area contributed by atoms with Crippen LogP contribution >= 0.6 is 0 Å². The Morgan fingerprint density at radius 2 is 2.60 bits per heavy atom. The van der Waals surface area contributed by atoms with Crippen LogP contribution in [0.5, 0.6) is 0 Å². The van der Waals surface area contributed by atoms with Gasteiger partial charge in [0.25, 0.3) is 0 Å². The quantitative estimate of drug-likeness (QED) is 0.511. The van der Waals surface area contributed by atoms with E-state index >= 15 is 0 Å². The van der Waals surface area contributed by atoms with E-state index in [1.807, 2.05) is 0 Å². The van der Waals surface area contributed by atoms with E-state index in [4.69, 9.17) is 0 Å². The number of allylic oxidation sites excluding steroid dienone is 1. The predicted octanol–water partition coefficient (Wildman–Crippen LogP) is -0.205. The average Bonchev–Trinajstić information content (AvgIpc) is 2.05. The molecule has 0 bridgehead atoms. The van der Waals surface area contributed by atoms with Gasteiger partial charge in [-0.1, -0.05) is 0 Å². The van der Waals surface area contributed by atoms with Gasteiger partial charge in [0.2, 0.25) is 0 Å². The molecule has 1 amide bonds. The Balaban J connectivity index is 2.71. The smallest absolute Gasteiger partial charge is 0.305 e. The van der Waals surface area contributed by atoms with Gasteiger partial charge in [0.05, 0.1) is 6.54 Å². The van der Waals surface area contributed by atoms with Crippen molar-refractivity contribution in [2.24, 2.45) is 10.3 Å². The second kappa shape index (κ2) is 2.86. The number of nitroso groups, excluding NO2 is 1. The molecule has 0 fully saturated rings. The molecule has 0 unspecified atom stereocenters. The van der Waals surface area contributed by atoms with E-state index in [1.54, 1.807) is 0 Å². The fourth-order valence-corrected chi connectivity index (χ4v) is 0.575. The Labute approximate surface area is 56.8 Å². The lowest BCUT2D eigenvalue weighted by atomic mass is 10.2. The Hall–Kier alpha value is -1.52. The van der Waals surface area contributed by atoms with Crippen molar-refractivity contribution in [2.45, 2.75) is 0 Å². The van der Waals surface area contributed by atoms with Gasteiger partial charge in [-0.05, 0) is 6.08 Å². The van der Waals surface area contributed by atoms with Gasteiger partial charge in [-0.2, -0.15) is 5.10 Å². The van der Waals surface area contributed by atoms with Gasteiger partial charge in [-0.15, -0.1) is 4.91 Å². The molecule has 10 heavy (non-hydrogen) atoms. The van der Waals surface area contributed by atoms with Gasteiger partial charge in [-0.3, -0.25) is 4.79 Å². The fourth-order valence-electron chi connectivity index (χ4n) is 0.575. The number of hydrogen-bond donors (Lipinski definition) is 1. The van der Waals surface area contributed by atoms with Crippen LogP contribution in [-0.4, -0.2) is 18.7 Å². The molecule has 0 atom stereocenters. The summed E-state index contributed by atoms with van der Waals surface area (Å²) in [6.45, 7) is 0.279. The normalized spacial score (nSPS) is 15.4. The van der Waals surface area contributed by atoms with Crippen molar-refractivity contribution < 1.29 is 4.79 Å². The lowest BCUT2D eigenvalue weighted by Gasteiger charge is -2.03. The molecule has 0 aromatic carbocycles. The Bertz CT molecular complexity index is 219. The molecule has 0 saturated heterocycles. The number of hydrazone groups is 1. The minimum absolute atomic E-state index is 0.279. The Morgan fingerprint density at radius 1 is 1.80 bits per heavy atom. The standard InChI is InChI=1S/C5H5N3O2/c9-5(8-10)4-1-2-6-7-3-4/h1-2,7H,3H2. The number of carbonyl (C=O) groups excluding carboxylic acids is 1. The maximum atomic E-state index is 10.5. The maximum Gasteiger partial charge on any atom is 0.314 e. The average molecular weight is 139 g/mol. The highest BCUT2D eigenvalue weighted by molar-refractivity contribution is 5.98. The molecule has 0 aromatic heterocycles. The lowest BCUT2D eigenvalue weighted by molar-refractivity contribution is -0.114. The number of carbonyl (C=O) groups is 1. The summed E-state index contributed by atoms with van der Waals surface area (Å²) in [5.74, 6) is -0.737. The molecule has 0 radical (unpaired) electrons. The number of nitrogens with zero attached hydrogens (tertiary/aromatic N) is 2. The van der Waals surface area contributed by atoms with Gasteiger partial charge in [0.15, 0.2) is 0 Å². The lowest BCUT2D eigenvalue weighted by Crippen LogP contribution is -2.18. The van der Waals surface area contributed by atoms with Crippen molar-refractivity contribution in [3.05, 3.63) is 16.6 Å². The van der Waals surface area contributed by atoms with Gasteiger partial charge in [0.1, 0.15) is 0 Å². The first-order valence-corrected chi connectivity index (χ1v) is 2.67. The second-order valence-corrected chi connectivity index (χ2v) is 1.70. The summed E-state index contributed by atoms with van der Waals surface area (Å²) in [6, 6.07) is 0. The van der Waals surface area contributed by atoms with Crippen LogP contribution < -0.4 is 5.43 Å². The molecule has 5 nitrogen and oxygen atoms in total. The summed E-state index contributed by atoms with van der Waals surface area (Å²) < 4.78 is 0. The zero-order valence-electron chi connectivity index (χ0n) is 5.07. The fraction of sp³-hybridized carbons (Fsp3) is 0.200. The molecule has 0 saturated carbocycles. The number of hydrogen-bond acceptors (Lipinski definition) is 4. The van der Waals surface area contributed by atoms with Gasteiger partial charge in [-0.25, -0.2) is 0 Å². The molecular formula is C5H5N3O2. The van der Waals surface area contributed by atoms with Crippen LogP contribution in [0.15, 0.2) is 21.9 Å². The molecule has 0 aromatic rings. The van der Waals surface area contributed by atoms with E-state index in [0.29, 0.717) is 5.57 Å². The summed E-state index contributed by atoms with van der Waals surface area (Å²) >= 11 is 0. The molecule has 1 N–H and O–H groups in total. The van der Waals surface area contributed by atoms with E-state index in [-0.39, 0.29) is 6.54 Å². The molecule has 1 rings (SSSR count). The van der Waals surface area contributed by atoms with Gasteiger partial charge < -0.3 is 5.43 Å². The van der Waals surface area contributed by atoms with Crippen LogP contribution in [-0.2, 0) is 4.79 Å². The number of rotatable bonds is 1. The largest absolute Gasteiger partial charge is 0.314 e. The third kappa shape index (κ3) is 1.25. The van der Waals surface area contributed by atoms with E-state index in [1.165, 1.54) is 12.3 Å². The van der Waals surface area contributed by atoms with Crippen molar-refractivity contribution in [1.29, 1.82) is 0 Å². The molecule has 5 heteroatoms. The molecule has 1 aliphatic heterocycles. The summed E-state index contributed by atoms with van der Waals surface area (Å²) in [5, 5.41) is 5.85. The highest BCUT2D eigenvalue weighted by Gasteiger charge is 2.09. The first-order valence-electron chi connectivity index (χ1n) is 2.67. The Kier molecular flexibility index (Phi) is 1.89. The van der Waals surface area contributed by atoms with Crippen LogP contribution in [0, 0.1) is 4.91 Å². The minimum Gasteiger partial charge on any atom is -0.305 e. The predicted molar refractivity (Wildman–Crippen MR) is 35.4 cm³/mol. The zero-order chi connectivity index (χ0) is 7.40. The van der Waals surface area contributed by atoms with Crippen molar-refractivity contribution in [1.82, 2.24) is 5.43 Å². The van der Waals surface area contributed by atoms with E-state index in [0.717, 1.165) is 0 Å². The number of nitrogens with one attached hydrogen (secondary N) is 1. The minimum atomic E-state index is -0.737. The summed E-state index contributed by atoms with van der Waals surface area (Å²) in [5.41, 5.74) is 2.87. The molecule has 52 valence electrons. The van der Waals surface area contributed by atoms with Crippen molar-refractivity contribution in [3.63, 3.8) is 0 Å².